The Morgan fingerprint density at radius 1 is 1.24 bits per heavy atom. The Hall–Kier alpha value is -1.10. The molecule has 1 amide bonds. The van der Waals surface area contributed by atoms with Gasteiger partial charge in [-0.1, -0.05) is 0 Å². The molecule has 0 radical (unpaired) electrons. The average molecular weight is 242 g/mol. The van der Waals surface area contributed by atoms with Gasteiger partial charge in [0.05, 0.1) is 12.6 Å². The standard InChI is InChI=1S/C12H22N2O3/c1-9(2)14(8-11(15)16)10(3)12(17)13-6-4-5-7-13/h9-10H,4-8H2,1-3H3,(H,15,16). The van der Waals surface area contributed by atoms with E-state index in [1.807, 2.05) is 18.7 Å². The van der Waals surface area contributed by atoms with E-state index in [4.69, 9.17) is 5.11 Å². The van der Waals surface area contributed by atoms with E-state index in [2.05, 4.69) is 0 Å². The van der Waals surface area contributed by atoms with E-state index < -0.39 is 5.97 Å². The Morgan fingerprint density at radius 3 is 2.18 bits per heavy atom. The van der Waals surface area contributed by atoms with Gasteiger partial charge in [-0.15, -0.1) is 0 Å². The molecule has 1 unspecified atom stereocenters. The lowest BCUT2D eigenvalue weighted by atomic mass is 10.2. The highest BCUT2D eigenvalue weighted by molar-refractivity contribution is 5.82. The lowest BCUT2D eigenvalue weighted by molar-refractivity contribution is -0.142. The summed E-state index contributed by atoms with van der Waals surface area (Å²) in [4.78, 5) is 26.5. The highest BCUT2D eigenvalue weighted by Gasteiger charge is 2.30. The van der Waals surface area contributed by atoms with Crippen molar-refractivity contribution < 1.29 is 14.7 Å². The van der Waals surface area contributed by atoms with Gasteiger partial charge in [-0.25, -0.2) is 0 Å². The predicted molar refractivity (Wildman–Crippen MR) is 64.8 cm³/mol. The van der Waals surface area contributed by atoms with Crippen molar-refractivity contribution in [2.75, 3.05) is 19.6 Å². The molecule has 1 rings (SSSR count). The van der Waals surface area contributed by atoms with E-state index in [1.165, 1.54) is 0 Å². The van der Waals surface area contributed by atoms with Gasteiger partial charge < -0.3 is 10.0 Å². The minimum Gasteiger partial charge on any atom is -0.480 e. The summed E-state index contributed by atoms with van der Waals surface area (Å²) in [6.07, 6.45) is 2.11. The number of nitrogens with zero attached hydrogens (tertiary/aromatic N) is 2. The van der Waals surface area contributed by atoms with Crippen LogP contribution in [0.5, 0.6) is 0 Å². The molecule has 0 bridgehead atoms. The number of rotatable bonds is 5. The fourth-order valence-corrected chi connectivity index (χ4v) is 2.27. The van der Waals surface area contributed by atoms with Crippen LogP contribution in [0.3, 0.4) is 0 Å². The quantitative estimate of drug-likeness (QED) is 0.774. The first-order valence-electron chi connectivity index (χ1n) is 6.19. The molecule has 1 aliphatic heterocycles. The number of aliphatic carboxylic acids is 1. The maximum Gasteiger partial charge on any atom is 0.317 e. The van der Waals surface area contributed by atoms with E-state index in [-0.39, 0.29) is 24.5 Å². The third kappa shape index (κ3) is 3.70. The highest BCUT2D eigenvalue weighted by Crippen LogP contribution is 2.13. The smallest absolute Gasteiger partial charge is 0.317 e. The number of carbonyl (C=O) groups excluding carboxylic acids is 1. The maximum absolute atomic E-state index is 12.2. The number of amides is 1. The molecule has 1 N–H and O–H groups in total. The number of carbonyl (C=O) groups is 2. The summed E-state index contributed by atoms with van der Waals surface area (Å²) >= 11 is 0. The first-order chi connectivity index (χ1) is 7.93. The Balaban J connectivity index is 2.65. The minimum absolute atomic E-state index is 0.0488. The van der Waals surface area contributed by atoms with E-state index in [0.29, 0.717) is 0 Å². The molecule has 0 saturated carbocycles. The molecule has 5 nitrogen and oxygen atoms in total. The number of carboxylic acids is 1. The normalized spacial score (nSPS) is 17.8. The molecule has 98 valence electrons. The van der Waals surface area contributed by atoms with E-state index in [1.54, 1.807) is 11.8 Å². The molecule has 0 aromatic rings. The van der Waals surface area contributed by atoms with Gasteiger partial charge in [0.2, 0.25) is 5.91 Å². The molecule has 0 aliphatic carbocycles. The van der Waals surface area contributed by atoms with Gasteiger partial charge in [-0.05, 0) is 33.6 Å². The van der Waals surface area contributed by atoms with Crippen molar-refractivity contribution >= 4 is 11.9 Å². The monoisotopic (exact) mass is 242 g/mol. The summed E-state index contributed by atoms with van der Waals surface area (Å²) in [7, 11) is 0. The average Bonchev–Trinajstić information content (AvgIpc) is 2.76. The van der Waals surface area contributed by atoms with Crippen molar-refractivity contribution in [2.45, 2.75) is 45.7 Å². The van der Waals surface area contributed by atoms with Crippen molar-refractivity contribution in [3.05, 3.63) is 0 Å². The van der Waals surface area contributed by atoms with Gasteiger partial charge in [0.1, 0.15) is 0 Å². The zero-order valence-electron chi connectivity index (χ0n) is 10.8. The van der Waals surface area contributed by atoms with Crippen molar-refractivity contribution in [2.24, 2.45) is 0 Å². The third-order valence-electron chi connectivity index (χ3n) is 3.25. The molecule has 1 saturated heterocycles. The Labute approximate surface area is 102 Å². The van der Waals surface area contributed by atoms with Crippen LogP contribution in [-0.2, 0) is 9.59 Å². The van der Waals surface area contributed by atoms with Crippen molar-refractivity contribution in [3.8, 4) is 0 Å². The Morgan fingerprint density at radius 2 is 1.76 bits per heavy atom. The number of carboxylic acid groups (broad SMARTS) is 1. The van der Waals surface area contributed by atoms with Crippen LogP contribution in [0.4, 0.5) is 0 Å². The van der Waals surface area contributed by atoms with Gasteiger partial charge in [0, 0.05) is 19.1 Å². The zero-order valence-corrected chi connectivity index (χ0v) is 10.8. The molecule has 0 aromatic heterocycles. The van der Waals surface area contributed by atoms with Gasteiger partial charge in [0.25, 0.3) is 0 Å². The maximum atomic E-state index is 12.2. The highest BCUT2D eigenvalue weighted by atomic mass is 16.4. The fourth-order valence-electron chi connectivity index (χ4n) is 2.27. The third-order valence-corrected chi connectivity index (χ3v) is 3.25. The van der Waals surface area contributed by atoms with Gasteiger partial charge in [-0.2, -0.15) is 0 Å². The van der Waals surface area contributed by atoms with Crippen LogP contribution >= 0.6 is 0 Å². The molecule has 1 fully saturated rings. The largest absolute Gasteiger partial charge is 0.480 e. The van der Waals surface area contributed by atoms with Gasteiger partial charge in [0.15, 0.2) is 0 Å². The molecule has 5 heteroatoms. The molecule has 1 heterocycles. The fraction of sp³-hybridized carbons (Fsp3) is 0.833. The SMILES string of the molecule is CC(C)N(CC(=O)O)C(C)C(=O)N1CCCC1. The van der Waals surface area contributed by atoms with Crippen LogP contribution in [-0.4, -0.2) is 58.5 Å². The van der Waals surface area contributed by atoms with Crippen molar-refractivity contribution in [3.63, 3.8) is 0 Å². The Kier molecular flexibility index (Phi) is 4.93. The van der Waals surface area contributed by atoms with Crippen molar-refractivity contribution in [1.82, 2.24) is 9.80 Å². The molecule has 17 heavy (non-hydrogen) atoms. The summed E-state index contributed by atoms with van der Waals surface area (Å²) in [6.45, 7) is 7.15. The number of hydrogen-bond donors (Lipinski definition) is 1. The van der Waals surface area contributed by atoms with Crippen LogP contribution in [0.15, 0.2) is 0 Å². The second-order valence-corrected chi connectivity index (χ2v) is 4.87. The van der Waals surface area contributed by atoms with E-state index in [9.17, 15) is 9.59 Å². The summed E-state index contributed by atoms with van der Waals surface area (Å²) in [5.41, 5.74) is 0. The van der Waals surface area contributed by atoms with Crippen LogP contribution < -0.4 is 0 Å². The lowest BCUT2D eigenvalue weighted by Crippen LogP contribution is -2.50. The molecular weight excluding hydrogens is 220 g/mol. The lowest BCUT2D eigenvalue weighted by Gasteiger charge is -2.32. The van der Waals surface area contributed by atoms with Crippen LogP contribution in [0.1, 0.15) is 33.6 Å². The summed E-state index contributed by atoms with van der Waals surface area (Å²) < 4.78 is 0. The summed E-state index contributed by atoms with van der Waals surface area (Å²) in [5, 5.41) is 8.86. The molecular formula is C12H22N2O3. The minimum atomic E-state index is -0.889. The topological polar surface area (TPSA) is 60.9 Å². The van der Waals surface area contributed by atoms with E-state index >= 15 is 0 Å². The first-order valence-corrected chi connectivity index (χ1v) is 6.19. The van der Waals surface area contributed by atoms with Gasteiger partial charge >= 0.3 is 5.97 Å². The van der Waals surface area contributed by atoms with Crippen LogP contribution in [0.2, 0.25) is 0 Å². The Bertz CT molecular complexity index is 285. The summed E-state index contributed by atoms with van der Waals surface area (Å²) in [5.74, 6) is -0.836. The second kappa shape index (κ2) is 6.00. The van der Waals surface area contributed by atoms with Crippen LogP contribution in [0, 0.1) is 0 Å². The molecule has 0 spiro atoms. The molecule has 0 aromatic carbocycles. The van der Waals surface area contributed by atoms with E-state index in [0.717, 1.165) is 25.9 Å². The first kappa shape index (κ1) is 14.0. The molecule has 1 atom stereocenters. The molecule has 1 aliphatic rings. The van der Waals surface area contributed by atoms with Gasteiger partial charge in [-0.3, -0.25) is 14.5 Å². The second-order valence-electron chi connectivity index (χ2n) is 4.87. The predicted octanol–water partition coefficient (Wildman–Crippen LogP) is 0.792. The number of hydrogen-bond acceptors (Lipinski definition) is 3. The number of likely N-dealkylation sites (tertiary alicyclic amines) is 1. The zero-order chi connectivity index (χ0) is 13.0. The summed E-state index contributed by atoms with van der Waals surface area (Å²) in [6, 6.07) is -0.308. The van der Waals surface area contributed by atoms with Crippen LogP contribution in [0.25, 0.3) is 0 Å². The van der Waals surface area contributed by atoms with Crippen molar-refractivity contribution in [1.29, 1.82) is 0 Å².